The van der Waals surface area contributed by atoms with Crippen molar-refractivity contribution >= 4 is 22.6 Å². The van der Waals surface area contributed by atoms with Crippen LogP contribution in [0.5, 0.6) is 0 Å². The highest BCUT2D eigenvalue weighted by Crippen LogP contribution is 2.26. The molecule has 0 saturated carbocycles. The van der Waals surface area contributed by atoms with Gasteiger partial charge in [0.25, 0.3) is 0 Å². The quantitative estimate of drug-likeness (QED) is 0.899. The zero-order valence-electron chi connectivity index (χ0n) is 10.8. The van der Waals surface area contributed by atoms with Gasteiger partial charge in [0.2, 0.25) is 0 Å². The summed E-state index contributed by atoms with van der Waals surface area (Å²) >= 11 is 0. The van der Waals surface area contributed by atoms with Crippen molar-refractivity contribution in [3.8, 4) is 0 Å². The average Bonchev–Trinajstić information content (AvgIpc) is 2.26. The Kier molecular flexibility index (Phi) is 3.19. The number of hydrogen-bond donors (Lipinski definition) is 1. The normalized spacial score (nSPS) is 10.6. The third-order valence-corrected chi connectivity index (χ3v) is 2.82. The van der Waals surface area contributed by atoms with Crippen LogP contribution >= 0.6 is 0 Å². The molecule has 0 spiro atoms. The minimum Gasteiger partial charge on any atom is -0.481 e. The first kappa shape index (κ1) is 12.4. The van der Waals surface area contributed by atoms with E-state index in [2.05, 4.69) is 4.98 Å². The Balaban J connectivity index is 2.60. The summed E-state index contributed by atoms with van der Waals surface area (Å²) in [7, 11) is 3.97. The minimum atomic E-state index is -0.824. The number of rotatable bonds is 3. The number of carboxylic acid groups (broad SMARTS) is 1. The van der Waals surface area contributed by atoms with Gasteiger partial charge in [-0.15, -0.1) is 0 Å². The number of carbonyl (C=O) groups is 1. The first-order valence-corrected chi connectivity index (χ1v) is 5.77. The van der Waals surface area contributed by atoms with E-state index in [1.807, 2.05) is 50.2 Å². The SMILES string of the molecule is Cc1cc(N(C)C)c2ccc(CC(=O)O)cc2n1. The van der Waals surface area contributed by atoms with E-state index in [4.69, 9.17) is 5.11 Å². The predicted octanol–water partition coefficient (Wildman–Crippen LogP) is 2.24. The summed E-state index contributed by atoms with van der Waals surface area (Å²) in [5.41, 5.74) is 3.65. The summed E-state index contributed by atoms with van der Waals surface area (Å²) in [4.78, 5) is 17.2. The zero-order valence-corrected chi connectivity index (χ0v) is 10.8. The van der Waals surface area contributed by atoms with Crippen LogP contribution in [0.25, 0.3) is 10.9 Å². The Hall–Kier alpha value is -2.10. The fraction of sp³-hybridized carbons (Fsp3) is 0.286. The number of aliphatic carboxylic acids is 1. The molecule has 1 aromatic carbocycles. The summed E-state index contributed by atoms with van der Waals surface area (Å²) in [6.45, 7) is 1.94. The van der Waals surface area contributed by atoms with E-state index in [1.165, 1.54) is 0 Å². The maximum atomic E-state index is 10.7. The lowest BCUT2D eigenvalue weighted by molar-refractivity contribution is -0.136. The maximum absolute atomic E-state index is 10.7. The van der Waals surface area contributed by atoms with E-state index in [9.17, 15) is 4.79 Å². The molecule has 0 fully saturated rings. The van der Waals surface area contributed by atoms with Crippen molar-refractivity contribution in [2.45, 2.75) is 13.3 Å². The van der Waals surface area contributed by atoms with E-state index >= 15 is 0 Å². The molecule has 0 bridgehead atoms. The number of aryl methyl sites for hydroxylation is 1. The Morgan fingerprint density at radius 1 is 1.33 bits per heavy atom. The summed E-state index contributed by atoms with van der Waals surface area (Å²) in [5.74, 6) is -0.824. The molecule has 0 aliphatic heterocycles. The lowest BCUT2D eigenvalue weighted by Gasteiger charge is -2.16. The molecule has 0 radical (unpaired) electrons. The highest BCUT2D eigenvalue weighted by molar-refractivity contribution is 5.92. The van der Waals surface area contributed by atoms with Gasteiger partial charge >= 0.3 is 5.97 Å². The fourth-order valence-electron chi connectivity index (χ4n) is 2.04. The molecule has 1 aromatic heterocycles. The van der Waals surface area contributed by atoms with E-state index in [0.29, 0.717) is 0 Å². The molecule has 4 nitrogen and oxygen atoms in total. The fourth-order valence-corrected chi connectivity index (χ4v) is 2.04. The lowest BCUT2D eigenvalue weighted by Crippen LogP contribution is -2.10. The number of aromatic nitrogens is 1. The topological polar surface area (TPSA) is 53.4 Å². The van der Waals surface area contributed by atoms with E-state index < -0.39 is 5.97 Å². The van der Waals surface area contributed by atoms with Gasteiger partial charge in [-0.3, -0.25) is 9.78 Å². The molecule has 18 heavy (non-hydrogen) atoms. The Morgan fingerprint density at radius 2 is 2.06 bits per heavy atom. The number of nitrogens with zero attached hydrogens (tertiary/aromatic N) is 2. The molecule has 0 aliphatic rings. The minimum absolute atomic E-state index is 0.0306. The second-order valence-corrected chi connectivity index (χ2v) is 4.60. The largest absolute Gasteiger partial charge is 0.481 e. The van der Waals surface area contributed by atoms with Crippen molar-refractivity contribution in [2.24, 2.45) is 0 Å². The maximum Gasteiger partial charge on any atom is 0.307 e. The van der Waals surface area contributed by atoms with Crippen molar-refractivity contribution in [3.63, 3.8) is 0 Å². The van der Waals surface area contributed by atoms with Crippen molar-refractivity contribution in [1.82, 2.24) is 4.98 Å². The van der Waals surface area contributed by atoms with Crippen LogP contribution in [-0.4, -0.2) is 30.2 Å². The number of pyridine rings is 1. The summed E-state index contributed by atoms with van der Waals surface area (Å²) in [6.07, 6.45) is 0.0306. The molecule has 0 saturated heterocycles. The second kappa shape index (κ2) is 4.64. The molecule has 4 heteroatoms. The van der Waals surface area contributed by atoms with Gasteiger partial charge in [-0.2, -0.15) is 0 Å². The number of anilines is 1. The first-order chi connectivity index (χ1) is 8.47. The molecule has 1 N–H and O–H groups in total. The van der Waals surface area contributed by atoms with Crippen molar-refractivity contribution < 1.29 is 9.90 Å². The van der Waals surface area contributed by atoms with Crippen LogP contribution in [-0.2, 0) is 11.2 Å². The van der Waals surface area contributed by atoms with Gasteiger partial charge in [-0.05, 0) is 24.6 Å². The molecular formula is C14H16N2O2. The second-order valence-electron chi connectivity index (χ2n) is 4.60. The first-order valence-electron chi connectivity index (χ1n) is 5.77. The summed E-state index contributed by atoms with van der Waals surface area (Å²) in [6, 6.07) is 7.67. The van der Waals surface area contributed by atoms with Crippen LogP contribution in [0.2, 0.25) is 0 Å². The zero-order chi connectivity index (χ0) is 13.3. The summed E-state index contributed by atoms with van der Waals surface area (Å²) < 4.78 is 0. The van der Waals surface area contributed by atoms with Gasteiger partial charge in [0.1, 0.15) is 0 Å². The van der Waals surface area contributed by atoms with Crippen molar-refractivity contribution in [1.29, 1.82) is 0 Å². The van der Waals surface area contributed by atoms with Gasteiger partial charge in [-0.1, -0.05) is 12.1 Å². The number of carboxylic acids is 1. The van der Waals surface area contributed by atoms with Crippen LogP contribution in [0.4, 0.5) is 5.69 Å². The number of hydrogen-bond acceptors (Lipinski definition) is 3. The highest BCUT2D eigenvalue weighted by Gasteiger charge is 2.08. The van der Waals surface area contributed by atoms with Crippen LogP contribution in [0.1, 0.15) is 11.3 Å². The number of benzene rings is 1. The highest BCUT2D eigenvalue weighted by atomic mass is 16.4. The Morgan fingerprint density at radius 3 is 2.67 bits per heavy atom. The van der Waals surface area contributed by atoms with Gasteiger partial charge in [0, 0.05) is 30.9 Å². The molecule has 2 aromatic rings. The molecule has 0 atom stereocenters. The Labute approximate surface area is 106 Å². The number of fused-ring (bicyclic) bond motifs is 1. The molecule has 0 amide bonds. The van der Waals surface area contributed by atoms with E-state index in [-0.39, 0.29) is 6.42 Å². The van der Waals surface area contributed by atoms with Crippen LogP contribution in [0.3, 0.4) is 0 Å². The molecule has 2 rings (SSSR count). The third kappa shape index (κ3) is 2.42. The molecule has 0 unspecified atom stereocenters. The lowest BCUT2D eigenvalue weighted by atomic mass is 10.1. The van der Waals surface area contributed by atoms with Gasteiger partial charge in [0.15, 0.2) is 0 Å². The van der Waals surface area contributed by atoms with Crippen LogP contribution in [0.15, 0.2) is 24.3 Å². The molecular weight excluding hydrogens is 228 g/mol. The van der Waals surface area contributed by atoms with Gasteiger partial charge in [-0.25, -0.2) is 0 Å². The average molecular weight is 244 g/mol. The third-order valence-electron chi connectivity index (χ3n) is 2.82. The molecule has 0 aliphatic carbocycles. The van der Waals surface area contributed by atoms with E-state index in [1.54, 1.807) is 0 Å². The van der Waals surface area contributed by atoms with Gasteiger partial charge in [0.05, 0.1) is 11.9 Å². The Bertz CT molecular complexity index is 606. The summed E-state index contributed by atoms with van der Waals surface area (Å²) in [5, 5.41) is 9.85. The van der Waals surface area contributed by atoms with Crippen LogP contribution < -0.4 is 4.90 Å². The smallest absolute Gasteiger partial charge is 0.307 e. The van der Waals surface area contributed by atoms with Crippen molar-refractivity contribution in [3.05, 3.63) is 35.5 Å². The van der Waals surface area contributed by atoms with Crippen LogP contribution in [0, 0.1) is 6.92 Å². The molecule has 94 valence electrons. The van der Waals surface area contributed by atoms with Crippen molar-refractivity contribution in [2.75, 3.05) is 19.0 Å². The predicted molar refractivity (Wildman–Crippen MR) is 72.1 cm³/mol. The van der Waals surface area contributed by atoms with Gasteiger partial charge < -0.3 is 10.0 Å². The monoisotopic (exact) mass is 244 g/mol. The standard InChI is InChI=1S/C14H16N2O2/c1-9-6-13(16(2)3)11-5-4-10(8-14(17)18)7-12(11)15-9/h4-7H,8H2,1-3H3,(H,17,18). The molecule has 1 heterocycles. The van der Waals surface area contributed by atoms with E-state index in [0.717, 1.165) is 27.8 Å².